The molecule has 0 aliphatic heterocycles. The fraction of sp³-hybridized carbons (Fsp3) is 0.429. The molecule has 0 radical (unpaired) electrons. The number of carbonyl (C=O) groups is 2. The Balaban J connectivity index is 1.98. The Morgan fingerprint density at radius 1 is 1.32 bits per heavy atom. The number of aliphatic carboxylic acids is 2. The standard InChI is InChI=1S/C14H15ClO4/c15-12-4-2-1-3-8(12)5-6-9(13(16)17)10-7-11(10)14(18)19/h1-4,9-11H,5-7H2,(H,16,17)(H,18,19). The molecule has 0 bridgehead atoms. The molecule has 1 aromatic rings. The molecule has 1 aromatic carbocycles. The first-order valence-electron chi connectivity index (χ1n) is 6.19. The van der Waals surface area contributed by atoms with Crippen LogP contribution in [0.5, 0.6) is 0 Å². The van der Waals surface area contributed by atoms with E-state index in [0.29, 0.717) is 24.3 Å². The summed E-state index contributed by atoms with van der Waals surface area (Å²) in [6.07, 6.45) is 1.45. The predicted octanol–water partition coefficient (Wildman–Crippen LogP) is 2.69. The van der Waals surface area contributed by atoms with Gasteiger partial charge in [-0.15, -0.1) is 0 Å². The number of benzene rings is 1. The highest BCUT2D eigenvalue weighted by atomic mass is 35.5. The molecule has 19 heavy (non-hydrogen) atoms. The lowest BCUT2D eigenvalue weighted by molar-refractivity contribution is -0.143. The molecular formula is C14H15ClO4. The molecule has 1 fully saturated rings. The van der Waals surface area contributed by atoms with Crippen LogP contribution in [0.2, 0.25) is 5.02 Å². The van der Waals surface area contributed by atoms with Crippen molar-refractivity contribution in [3.8, 4) is 0 Å². The largest absolute Gasteiger partial charge is 0.481 e. The van der Waals surface area contributed by atoms with E-state index < -0.39 is 23.8 Å². The summed E-state index contributed by atoms with van der Waals surface area (Å²) < 4.78 is 0. The molecule has 4 nitrogen and oxygen atoms in total. The number of carboxylic acids is 2. The molecule has 1 aliphatic rings. The first-order chi connectivity index (χ1) is 9.00. The van der Waals surface area contributed by atoms with E-state index in [0.717, 1.165) is 5.56 Å². The van der Waals surface area contributed by atoms with Crippen LogP contribution in [-0.2, 0) is 16.0 Å². The van der Waals surface area contributed by atoms with Gasteiger partial charge in [-0.3, -0.25) is 9.59 Å². The Morgan fingerprint density at radius 3 is 2.53 bits per heavy atom. The topological polar surface area (TPSA) is 74.6 Å². The van der Waals surface area contributed by atoms with Gasteiger partial charge in [0.2, 0.25) is 0 Å². The normalized spacial score (nSPS) is 22.8. The van der Waals surface area contributed by atoms with E-state index in [1.807, 2.05) is 18.2 Å². The Labute approximate surface area is 116 Å². The van der Waals surface area contributed by atoms with Crippen molar-refractivity contribution in [2.24, 2.45) is 17.8 Å². The second-order valence-corrected chi connectivity index (χ2v) is 5.33. The predicted molar refractivity (Wildman–Crippen MR) is 70.1 cm³/mol. The summed E-state index contributed by atoms with van der Waals surface area (Å²) in [5.41, 5.74) is 0.906. The van der Waals surface area contributed by atoms with Crippen LogP contribution in [0.3, 0.4) is 0 Å². The molecule has 3 unspecified atom stereocenters. The lowest BCUT2D eigenvalue weighted by Crippen LogP contribution is -2.19. The summed E-state index contributed by atoms with van der Waals surface area (Å²) in [7, 11) is 0. The average Bonchev–Trinajstić information content (AvgIpc) is 3.11. The maximum Gasteiger partial charge on any atom is 0.306 e. The van der Waals surface area contributed by atoms with Crippen molar-refractivity contribution in [2.75, 3.05) is 0 Å². The second kappa shape index (κ2) is 5.61. The number of halogens is 1. The summed E-state index contributed by atoms with van der Waals surface area (Å²) in [6.45, 7) is 0. The lowest BCUT2D eigenvalue weighted by atomic mass is 9.94. The smallest absolute Gasteiger partial charge is 0.306 e. The molecule has 0 heterocycles. The monoisotopic (exact) mass is 282 g/mol. The van der Waals surface area contributed by atoms with Crippen LogP contribution in [0.4, 0.5) is 0 Å². The second-order valence-electron chi connectivity index (χ2n) is 4.92. The average molecular weight is 283 g/mol. The zero-order valence-corrected chi connectivity index (χ0v) is 11.0. The fourth-order valence-electron chi connectivity index (χ4n) is 2.48. The molecule has 0 saturated heterocycles. The SMILES string of the molecule is O=C(O)C(CCc1ccccc1Cl)C1CC1C(=O)O. The van der Waals surface area contributed by atoms with Crippen molar-refractivity contribution >= 4 is 23.5 Å². The van der Waals surface area contributed by atoms with Crippen LogP contribution in [0, 0.1) is 17.8 Å². The van der Waals surface area contributed by atoms with Gasteiger partial charge in [-0.05, 0) is 36.8 Å². The number of rotatable bonds is 6. The Hall–Kier alpha value is -1.55. The number of hydrogen-bond donors (Lipinski definition) is 2. The Bertz CT molecular complexity index is 500. The van der Waals surface area contributed by atoms with E-state index in [-0.39, 0.29) is 5.92 Å². The van der Waals surface area contributed by atoms with Gasteiger partial charge in [0.25, 0.3) is 0 Å². The number of hydrogen-bond acceptors (Lipinski definition) is 2. The van der Waals surface area contributed by atoms with Crippen molar-refractivity contribution in [1.82, 2.24) is 0 Å². The fourth-order valence-corrected chi connectivity index (χ4v) is 2.71. The van der Waals surface area contributed by atoms with Crippen molar-refractivity contribution in [2.45, 2.75) is 19.3 Å². The molecule has 0 amide bonds. The van der Waals surface area contributed by atoms with Gasteiger partial charge in [-0.1, -0.05) is 29.8 Å². The van der Waals surface area contributed by atoms with Crippen LogP contribution in [0.15, 0.2) is 24.3 Å². The molecule has 102 valence electrons. The minimum atomic E-state index is -0.916. The van der Waals surface area contributed by atoms with Crippen LogP contribution in [-0.4, -0.2) is 22.2 Å². The maximum atomic E-state index is 11.2. The third-order valence-electron chi connectivity index (χ3n) is 3.67. The first kappa shape index (κ1) is 13.9. The van der Waals surface area contributed by atoms with Crippen LogP contribution < -0.4 is 0 Å². The van der Waals surface area contributed by atoms with Gasteiger partial charge in [-0.2, -0.15) is 0 Å². The van der Waals surface area contributed by atoms with Gasteiger partial charge in [-0.25, -0.2) is 0 Å². The van der Waals surface area contributed by atoms with E-state index in [4.69, 9.17) is 16.7 Å². The minimum Gasteiger partial charge on any atom is -0.481 e. The molecule has 1 saturated carbocycles. The summed E-state index contributed by atoms with van der Waals surface area (Å²) in [6, 6.07) is 7.31. The van der Waals surface area contributed by atoms with E-state index in [1.165, 1.54) is 0 Å². The highest BCUT2D eigenvalue weighted by Gasteiger charge is 2.50. The van der Waals surface area contributed by atoms with Crippen molar-refractivity contribution in [1.29, 1.82) is 0 Å². The maximum absolute atomic E-state index is 11.2. The first-order valence-corrected chi connectivity index (χ1v) is 6.57. The molecular weight excluding hydrogens is 268 g/mol. The van der Waals surface area contributed by atoms with Crippen LogP contribution in [0.25, 0.3) is 0 Å². The highest BCUT2D eigenvalue weighted by Crippen LogP contribution is 2.46. The van der Waals surface area contributed by atoms with Gasteiger partial charge in [0.1, 0.15) is 0 Å². The Morgan fingerprint density at radius 2 is 2.00 bits per heavy atom. The van der Waals surface area contributed by atoms with E-state index in [2.05, 4.69) is 0 Å². The van der Waals surface area contributed by atoms with Crippen molar-refractivity contribution < 1.29 is 19.8 Å². The molecule has 3 atom stereocenters. The zero-order chi connectivity index (χ0) is 14.0. The molecule has 2 rings (SSSR count). The molecule has 2 N–H and O–H groups in total. The molecule has 0 aromatic heterocycles. The van der Waals surface area contributed by atoms with Gasteiger partial charge in [0, 0.05) is 5.02 Å². The number of carboxylic acid groups (broad SMARTS) is 2. The number of aryl methyl sites for hydroxylation is 1. The van der Waals surface area contributed by atoms with Crippen molar-refractivity contribution in [3.05, 3.63) is 34.9 Å². The summed E-state index contributed by atoms with van der Waals surface area (Å²) in [5.74, 6) is -3.14. The third kappa shape index (κ3) is 3.26. The van der Waals surface area contributed by atoms with Gasteiger partial charge in [0.15, 0.2) is 0 Å². The van der Waals surface area contributed by atoms with Gasteiger partial charge in [0.05, 0.1) is 11.8 Å². The lowest BCUT2D eigenvalue weighted by Gasteiger charge is -2.12. The van der Waals surface area contributed by atoms with Gasteiger partial charge < -0.3 is 10.2 Å². The Kier molecular flexibility index (Phi) is 4.10. The van der Waals surface area contributed by atoms with Crippen LogP contribution in [0.1, 0.15) is 18.4 Å². The van der Waals surface area contributed by atoms with Crippen LogP contribution >= 0.6 is 11.6 Å². The molecule has 0 spiro atoms. The summed E-state index contributed by atoms with van der Waals surface area (Å²) >= 11 is 6.02. The van der Waals surface area contributed by atoms with E-state index in [1.54, 1.807) is 6.07 Å². The minimum absolute atomic E-state index is 0.238. The summed E-state index contributed by atoms with van der Waals surface area (Å²) in [4.78, 5) is 22.0. The van der Waals surface area contributed by atoms with Crippen molar-refractivity contribution in [3.63, 3.8) is 0 Å². The highest BCUT2D eigenvalue weighted by molar-refractivity contribution is 6.31. The molecule has 5 heteroatoms. The van der Waals surface area contributed by atoms with Gasteiger partial charge >= 0.3 is 11.9 Å². The zero-order valence-electron chi connectivity index (χ0n) is 10.3. The third-order valence-corrected chi connectivity index (χ3v) is 4.04. The van der Waals surface area contributed by atoms with E-state index in [9.17, 15) is 14.7 Å². The summed E-state index contributed by atoms with van der Waals surface area (Å²) in [5, 5.41) is 18.7. The quantitative estimate of drug-likeness (QED) is 0.841. The van der Waals surface area contributed by atoms with E-state index >= 15 is 0 Å². The molecule has 1 aliphatic carbocycles.